The largest absolute Gasteiger partial charge is 0 e. The van der Waals surface area contributed by atoms with E-state index in [1.807, 2.05) is 0 Å². The van der Waals surface area contributed by atoms with Crippen LogP contribution in [-0.4, -0.2) is 102 Å². The average Bonchev–Trinajstić information content (AvgIpc) is 0.722. The summed E-state index contributed by atoms with van der Waals surface area (Å²) in [6.45, 7) is 0. The first-order valence-electron chi connectivity index (χ1n) is 0.894. The molecule has 5 nitrogen and oxygen atoms in total. The summed E-state index contributed by atoms with van der Waals surface area (Å²) in [4.78, 5) is 29.3. The third-order valence-corrected chi connectivity index (χ3v) is 0. The zero-order chi connectivity index (χ0) is 4.50. The molecule has 0 aliphatic carbocycles. The Bertz CT molecular complexity index is 32.4. The number of hydrogen-bond acceptors (Lipinski definition) is 4. The maximum Gasteiger partial charge on any atom is 0 e. The first kappa shape index (κ1) is 29.8. The molecule has 50 valence electrons. The van der Waals surface area contributed by atoms with Crippen LogP contribution in [0, 0.1) is 0 Å². The minimum absolute atomic E-state index is 0. The zero-order valence-corrected chi connectivity index (χ0v) is 7.46. The van der Waals surface area contributed by atoms with Crippen molar-refractivity contribution in [3.8, 4) is 0 Å². The van der Waals surface area contributed by atoms with Crippen LogP contribution in [0.5, 0.6) is 0 Å². The van der Waals surface area contributed by atoms with Crippen LogP contribution in [-0.2, 0) is 19.5 Å². The Hall–Kier alpha value is 2.81. The van der Waals surface area contributed by atoms with Gasteiger partial charge in [-0.15, -0.1) is 0 Å². The zero-order valence-electron chi connectivity index (χ0n) is 3.50. The molecule has 0 radical (unpaired) electrons. The third-order valence-electron chi connectivity index (χ3n) is 0. The Morgan fingerprint density at radius 3 is 0.889 bits per heavy atom. The molecule has 0 aromatic heterocycles. The van der Waals surface area contributed by atoms with Crippen LogP contribution in [0.2, 0.25) is 0 Å². The Balaban J connectivity index is -0.0000000133. The summed E-state index contributed by atoms with van der Waals surface area (Å²) in [5.74, 6) is 0. The van der Waals surface area contributed by atoms with Crippen LogP contribution in [0.4, 0.5) is 0 Å². The van der Waals surface area contributed by atoms with Crippen molar-refractivity contribution >= 4 is 77.8 Å². The van der Waals surface area contributed by atoms with Gasteiger partial charge >= 0.3 is 60.4 Å². The Kier molecular flexibility index (Phi) is 44.3. The summed E-state index contributed by atoms with van der Waals surface area (Å²) >= 11 is 0. The average molecular weight is 250 g/mol. The van der Waals surface area contributed by atoms with Gasteiger partial charge in [-0.05, 0) is 0 Å². The van der Waals surface area contributed by atoms with Gasteiger partial charge in [0.2, 0.25) is 0 Å². The van der Waals surface area contributed by atoms with E-state index < -0.39 is 9.05 Å². The summed E-state index contributed by atoms with van der Waals surface area (Å²) in [5.41, 5.74) is 0. The second-order valence-electron chi connectivity index (χ2n) is 0.600. The molecule has 0 aliphatic rings. The van der Waals surface area contributed by atoms with Crippen molar-refractivity contribution in [2.45, 2.75) is 0 Å². The molecule has 0 aliphatic heterocycles. The van der Waals surface area contributed by atoms with E-state index in [2.05, 4.69) is 0 Å². The van der Waals surface area contributed by atoms with Crippen molar-refractivity contribution in [2.24, 2.45) is 0 Å². The Morgan fingerprint density at radius 2 is 0.889 bits per heavy atom. The summed E-state index contributed by atoms with van der Waals surface area (Å²) in [6, 6.07) is 0. The van der Waals surface area contributed by atoms with Gasteiger partial charge in [-0.1, -0.05) is 0 Å². The smallest absolute Gasteiger partial charge is 0 e. The molecule has 0 amide bonds. The number of rotatable bonds is 0. The maximum atomic E-state index is 7.33. The van der Waals surface area contributed by atoms with E-state index in [4.69, 9.17) is 19.2 Å². The standard InChI is InChI=1S/Al.K.H4O4Si.H2O.Zn.4H/c;;1-5(2,3)4;;;;;;/h;;1-4H;1H2;;;;;. The van der Waals surface area contributed by atoms with Crippen molar-refractivity contribution in [3.63, 3.8) is 0 Å². The monoisotopic (exact) mass is 248 g/mol. The Morgan fingerprint density at radius 1 is 0.889 bits per heavy atom. The molecule has 0 saturated heterocycles. The minimum atomic E-state index is -4.61. The van der Waals surface area contributed by atoms with E-state index in [1.165, 1.54) is 0 Å². The molecular formula is H10AlKO5SiZn. The van der Waals surface area contributed by atoms with Gasteiger partial charge in [-0.25, -0.2) is 0 Å². The van der Waals surface area contributed by atoms with E-state index in [0.717, 1.165) is 0 Å². The van der Waals surface area contributed by atoms with Gasteiger partial charge in [0.25, 0.3) is 0 Å². The van der Waals surface area contributed by atoms with E-state index in [9.17, 15) is 0 Å². The van der Waals surface area contributed by atoms with Crippen molar-refractivity contribution in [1.29, 1.82) is 0 Å². The maximum absolute atomic E-state index is 7.33. The first-order chi connectivity index (χ1) is 2.00. The van der Waals surface area contributed by atoms with Crippen LogP contribution in [0.15, 0.2) is 0 Å². The molecule has 0 atom stereocenters. The van der Waals surface area contributed by atoms with E-state index in [-0.39, 0.29) is 93.7 Å². The molecule has 0 bridgehead atoms. The van der Waals surface area contributed by atoms with E-state index in [0.29, 0.717) is 0 Å². The van der Waals surface area contributed by atoms with Gasteiger partial charge in [0, 0.05) is 19.5 Å². The topological polar surface area (TPSA) is 112 Å². The van der Waals surface area contributed by atoms with E-state index in [1.54, 1.807) is 0 Å². The van der Waals surface area contributed by atoms with Crippen molar-refractivity contribution in [3.05, 3.63) is 0 Å². The van der Waals surface area contributed by atoms with Gasteiger partial charge < -0.3 is 24.7 Å². The fourth-order valence-electron chi connectivity index (χ4n) is 0. The van der Waals surface area contributed by atoms with Crippen LogP contribution < -0.4 is 0 Å². The third kappa shape index (κ3) is 106. The molecule has 9 heavy (non-hydrogen) atoms. The molecule has 0 aromatic rings. The molecule has 0 aromatic carbocycles. The fourth-order valence-corrected chi connectivity index (χ4v) is 0. The molecule has 0 unspecified atom stereocenters. The van der Waals surface area contributed by atoms with Gasteiger partial charge in [0.1, 0.15) is 0 Å². The summed E-state index contributed by atoms with van der Waals surface area (Å²) < 4.78 is 0. The predicted molar refractivity (Wildman–Crippen MR) is 35.3 cm³/mol. The van der Waals surface area contributed by atoms with Gasteiger partial charge in [0.15, 0.2) is 17.4 Å². The van der Waals surface area contributed by atoms with Gasteiger partial charge in [-0.3, -0.25) is 0 Å². The summed E-state index contributed by atoms with van der Waals surface area (Å²) in [7, 11) is -4.61. The van der Waals surface area contributed by atoms with Crippen molar-refractivity contribution < 1.29 is 44.1 Å². The second kappa shape index (κ2) is 13.4. The van der Waals surface area contributed by atoms with Crippen LogP contribution >= 0.6 is 0 Å². The SMILES string of the molecule is O.O[Si](O)(O)O.[AlH3].[KH].[Zn]. The normalized spacial score (nSPS) is 6.67. The summed E-state index contributed by atoms with van der Waals surface area (Å²) in [5, 5.41) is 0. The van der Waals surface area contributed by atoms with Crippen LogP contribution in [0.1, 0.15) is 0 Å². The Labute approximate surface area is 120 Å². The molecule has 6 N–H and O–H groups in total. The predicted octanol–water partition coefficient (Wildman–Crippen LogP) is -5.27. The van der Waals surface area contributed by atoms with Crippen LogP contribution in [0.3, 0.4) is 0 Å². The molecule has 0 heterocycles. The van der Waals surface area contributed by atoms with Crippen molar-refractivity contribution in [1.82, 2.24) is 0 Å². The molecule has 9 heteroatoms. The number of hydrogen-bond donors (Lipinski definition) is 4. The van der Waals surface area contributed by atoms with Gasteiger partial charge in [0.05, 0.1) is 0 Å². The quantitative estimate of drug-likeness (QED) is 0.321. The molecule has 0 rings (SSSR count). The first-order valence-corrected chi connectivity index (χ1v) is 2.68. The minimum Gasteiger partial charge on any atom is 0 e. The molecule has 0 saturated carbocycles. The summed E-state index contributed by atoms with van der Waals surface area (Å²) in [6.07, 6.45) is 0. The van der Waals surface area contributed by atoms with Crippen LogP contribution in [0.25, 0.3) is 0 Å². The second-order valence-corrected chi connectivity index (χ2v) is 1.80. The van der Waals surface area contributed by atoms with Gasteiger partial charge in [-0.2, -0.15) is 0 Å². The molecule has 0 spiro atoms. The van der Waals surface area contributed by atoms with Crippen molar-refractivity contribution in [2.75, 3.05) is 0 Å². The molecular weight excluding hydrogens is 240 g/mol. The van der Waals surface area contributed by atoms with E-state index >= 15 is 0 Å². The molecule has 0 fully saturated rings. The fraction of sp³-hybridized carbons (Fsp3) is 0.